The highest BCUT2D eigenvalue weighted by Crippen LogP contribution is 2.51. The van der Waals surface area contributed by atoms with Crippen LogP contribution in [0, 0.1) is 0 Å². The summed E-state index contributed by atoms with van der Waals surface area (Å²) in [5.74, 6) is -4.41. The van der Waals surface area contributed by atoms with Crippen molar-refractivity contribution in [3.05, 3.63) is 70.8 Å². The highest BCUT2D eigenvalue weighted by molar-refractivity contribution is 5.97. The summed E-state index contributed by atoms with van der Waals surface area (Å²) in [6.45, 7) is -0.904. The molecular weight excluding hydrogens is 674 g/mol. The molecule has 0 saturated carbocycles. The third kappa shape index (κ3) is 7.65. The Morgan fingerprint density at radius 3 is 2.47 bits per heavy atom. The highest BCUT2D eigenvalue weighted by Gasteiger charge is 2.56. The van der Waals surface area contributed by atoms with E-state index in [2.05, 4.69) is 10.3 Å². The Hall–Kier alpha value is -5.49. The number of hydrogen-bond donors (Lipinski definition) is 8. The number of benzene rings is 3. The predicted octanol–water partition coefficient (Wildman–Crippen LogP) is 0.656. The van der Waals surface area contributed by atoms with Gasteiger partial charge in [-0.15, -0.1) is 0 Å². The molecule has 1 saturated heterocycles. The zero-order valence-electron chi connectivity index (χ0n) is 27.6. The molecular formula is C34H39N3O14. The molecule has 0 bridgehead atoms. The summed E-state index contributed by atoms with van der Waals surface area (Å²) in [4.78, 5) is 28.9. The van der Waals surface area contributed by atoms with Crippen molar-refractivity contribution in [1.29, 1.82) is 0 Å². The Labute approximate surface area is 291 Å². The first-order valence-corrected chi connectivity index (χ1v) is 15.7. The molecule has 51 heavy (non-hydrogen) atoms. The van der Waals surface area contributed by atoms with Gasteiger partial charge in [-0.3, -0.25) is 4.99 Å². The van der Waals surface area contributed by atoms with Crippen LogP contribution in [0.25, 0.3) is 0 Å². The lowest BCUT2D eigenvalue weighted by Gasteiger charge is -2.48. The number of fused-ring (bicyclic) bond motifs is 1. The molecule has 2 aliphatic rings. The molecule has 3 aromatic rings. The molecule has 17 heteroatoms. The van der Waals surface area contributed by atoms with Crippen molar-refractivity contribution in [2.75, 3.05) is 34.1 Å². The van der Waals surface area contributed by atoms with Gasteiger partial charge >= 0.3 is 11.9 Å². The van der Waals surface area contributed by atoms with Crippen LogP contribution in [0.15, 0.2) is 53.5 Å². The summed E-state index contributed by atoms with van der Waals surface area (Å²) in [5.41, 5.74) is 4.15. The van der Waals surface area contributed by atoms with Crippen LogP contribution in [0.2, 0.25) is 0 Å². The molecule has 0 amide bonds. The number of aliphatic hydroxyl groups excluding tert-OH is 3. The van der Waals surface area contributed by atoms with E-state index in [4.69, 9.17) is 34.2 Å². The van der Waals surface area contributed by atoms with Gasteiger partial charge in [0.25, 0.3) is 0 Å². The van der Waals surface area contributed by atoms with Crippen LogP contribution in [0.4, 0.5) is 0 Å². The van der Waals surface area contributed by atoms with Crippen LogP contribution in [-0.2, 0) is 22.3 Å². The number of aromatic hydroxyl groups is 2. The standard InChI is InChI=1S/C34H39N3O14/c1-36-33(35)37-16-49-21-14-18(30(43)44)8-9-20(21)50-32-25(40)24(39)29(42)34(51-32)12-10-19-22(31(45)48-15-34)23(38)28(26(41)27(19)46-2)47-13-11-17-6-4-3-5-7-17/h3-9,14,24-25,29,32,38-42H,10-13,15-16H2,1-2H3,(H,43,44)(H3,35,36,37)/t24-,25-,29+,32-,34-/m1/s1. The first kappa shape index (κ1) is 36.8. The number of aromatic carboxylic acids is 1. The van der Waals surface area contributed by atoms with Gasteiger partial charge in [-0.1, -0.05) is 30.3 Å². The first-order valence-electron chi connectivity index (χ1n) is 15.7. The van der Waals surface area contributed by atoms with E-state index in [1.54, 1.807) is 0 Å². The van der Waals surface area contributed by atoms with Crippen LogP contribution >= 0.6 is 0 Å². The molecule has 3 aromatic carbocycles. The number of methoxy groups -OCH3 is 1. The zero-order valence-corrected chi connectivity index (χ0v) is 27.6. The van der Waals surface area contributed by atoms with Gasteiger partial charge in [-0.2, -0.15) is 0 Å². The molecule has 1 fully saturated rings. The van der Waals surface area contributed by atoms with Crippen molar-refractivity contribution in [1.82, 2.24) is 5.32 Å². The van der Waals surface area contributed by atoms with E-state index in [-0.39, 0.29) is 71.8 Å². The molecule has 5 atom stereocenters. The lowest BCUT2D eigenvalue weighted by molar-refractivity contribution is -0.320. The third-order valence-corrected chi connectivity index (χ3v) is 8.59. The number of rotatable bonds is 11. The number of carbonyl (C=O) groups is 2. The maximum atomic E-state index is 13.5. The molecule has 0 unspecified atom stereocenters. The molecule has 0 radical (unpaired) electrons. The van der Waals surface area contributed by atoms with Crippen molar-refractivity contribution in [3.63, 3.8) is 0 Å². The second-order valence-corrected chi connectivity index (χ2v) is 11.7. The average molecular weight is 714 g/mol. The lowest BCUT2D eigenvalue weighted by Crippen LogP contribution is -2.67. The number of aliphatic hydroxyl groups is 3. The molecule has 0 aromatic heterocycles. The fourth-order valence-electron chi connectivity index (χ4n) is 5.82. The third-order valence-electron chi connectivity index (χ3n) is 8.59. The molecule has 274 valence electrons. The normalized spacial score (nSPS) is 23.3. The van der Waals surface area contributed by atoms with Gasteiger partial charge in [-0.05, 0) is 36.6 Å². The van der Waals surface area contributed by atoms with E-state index in [1.165, 1.54) is 26.3 Å². The smallest absolute Gasteiger partial charge is 0.342 e. The Bertz CT molecular complexity index is 1770. The average Bonchev–Trinajstić information content (AvgIpc) is 3.12. The monoisotopic (exact) mass is 713 g/mol. The number of ether oxygens (including phenoxy) is 6. The summed E-state index contributed by atoms with van der Waals surface area (Å²) in [7, 11) is 2.68. The number of esters is 1. The summed E-state index contributed by atoms with van der Waals surface area (Å²) in [5, 5.41) is 67.5. The summed E-state index contributed by atoms with van der Waals surface area (Å²) < 4.78 is 34.2. The summed E-state index contributed by atoms with van der Waals surface area (Å²) in [6.07, 6.45) is -7.28. The molecule has 2 aliphatic heterocycles. The predicted molar refractivity (Wildman–Crippen MR) is 176 cm³/mol. The minimum atomic E-state index is -1.91. The minimum Gasteiger partial charge on any atom is -0.504 e. The van der Waals surface area contributed by atoms with Crippen molar-refractivity contribution in [3.8, 4) is 34.5 Å². The molecule has 5 rings (SSSR count). The molecule has 17 nitrogen and oxygen atoms in total. The van der Waals surface area contributed by atoms with Gasteiger partial charge in [0.1, 0.15) is 36.1 Å². The number of phenolic OH excluding ortho intramolecular Hbond substituents is 2. The number of hydrogen-bond acceptors (Lipinski definition) is 14. The number of guanidine groups is 1. The van der Waals surface area contributed by atoms with E-state index in [0.29, 0.717) is 6.42 Å². The van der Waals surface area contributed by atoms with Crippen molar-refractivity contribution >= 4 is 17.9 Å². The number of phenols is 2. The van der Waals surface area contributed by atoms with Gasteiger partial charge in [0.15, 0.2) is 35.7 Å². The highest BCUT2D eigenvalue weighted by atomic mass is 16.7. The maximum absolute atomic E-state index is 13.5. The molecule has 2 heterocycles. The maximum Gasteiger partial charge on any atom is 0.342 e. The molecule has 0 aliphatic carbocycles. The van der Waals surface area contributed by atoms with Gasteiger partial charge in [-0.25, -0.2) is 9.59 Å². The lowest BCUT2D eigenvalue weighted by atomic mass is 9.81. The van der Waals surface area contributed by atoms with Crippen LogP contribution in [0.3, 0.4) is 0 Å². The summed E-state index contributed by atoms with van der Waals surface area (Å²) >= 11 is 0. The quantitative estimate of drug-likeness (QED) is 0.0587. The van der Waals surface area contributed by atoms with Crippen molar-refractivity contribution in [2.24, 2.45) is 10.7 Å². The van der Waals surface area contributed by atoms with Gasteiger partial charge in [0.2, 0.25) is 17.8 Å². The van der Waals surface area contributed by atoms with E-state index >= 15 is 0 Å². The van der Waals surface area contributed by atoms with Crippen LogP contribution in [0.1, 0.15) is 38.3 Å². The second kappa shape index (κ2) is 15.6. The van der Waals surface area contributed by atoms with Gasteiger partial charge in [0.05, 0.1) is 19.3 Å². The van der Waals surface area contributed by atoms with E-state index in [9.17, 15) is 40.2 Å². The van der Waals surface area contributed by atoms with Gasteiger partial charge in [0, 0.05) is 19.0 Å². The number of nitrogens with zero attached hydrogens (tertiary/aromatic N) is 1. The van der Waals surface area contributed by atoms with Gasteiger partial charge < -0.3 is 70.1 Å². The van der Waals surface area contributed by atoms with E-state index in [0.717, 1.165) is 11.6 Å². The fraction of sp³-hybridized carbons (Fsp3) is 0.382. The Kier molecular flexibility index (Phi) is 11.2. The zero-order chi connectivity index (χ0) is 36.9. The number of nitrogens with one attached hydrogen (secondary N) is 1. The Balaban J connectivity index is 1.42. The van der Waals surface area contributed by atoms with E-state index < -0.39 is 60.2 Å². The summed E-state index contributed by atoms with van der Waals surface area (Å²) in [6, 6.07) is 12.9. The van der Waals surface area contributed by atoms with Crippen LogP contribution < -0.4 is 30.0 Å². The molecule has 1 spiro atoms. The topological polar surface area (TPSA) is 261 Å². The van der Waals surface area contributed by atoms with Crippen molar-refractivity contribution < 1.29 is 68.6 Å². The number of carbonyl (C=O) groups excluding carboxylic acids is 1. The minimum absolute atomic E-state index is 0.00296. The first-order chi connectivity index (χ1) is 24.4. The fourth-order valence-corrected chi connectivity index (χ4v) is 5.82. The SMILES string of the molecule is CN=C(N)NCOc1cc(C(=O)O)ccc1O[C@@H]1O[C@@]2(CCc3c(OC)c(O)c(OCCc4ccccc4)c(O)c3C(=O)OC2)[C@@H](O)[C@H](O)[C@H]1O. The number of cyclic esters (lactones) is 1. The number of carboxylic acids is 1. The Morgan fingerprint density at radius 2 is 1.78 bits per heavy atom. The van der Waals surface area contributed by atoms with Crippen LogP contribution in [0.5, 0.6) is 34.5 Å². The Morgan fingerprint density at radius 1 is 1.04 bits per heavy atom. The van der Waals surface area contributed by atoms with Crippen LogP contribution in [-0.4, -0.2) is 113 Å². The number of aliphatic imine (C=N–C) groups is 1. The second-order valence-electron chi connectivity index (χ2n) is 11.7. The van der Waals surface area contributed by atoms with Crippen molar-refractivity contribution in [2.45, 2.75) is 49.5 Å². The van der Waals surface area contributed by atoms with E-state index in [1.807, 2.05) is 30.3 Å². The molecule has 9 N–H and O–H groups in total. The number of carboxylic acid groups (broad SMARTS) is 1. The largest absolute Gasteiger partial charge is 0.504 e. The number of nitrogens with two attached hydrogens (primary N) is 1.